The molecular formula is C14H10F2N2OS. The van der Waals surface area contributed by atoms with Gasteiger partial charge in [0.1, 0.15) is 11.6 Å². The number of fused-ring (bicyclic) bond motifs is 1. The highest BCUT2D eigenvalue weighted by Crippen LogP contribution is 2.41. The monoisotopic (exact) mass is 292 g/mol. The van der Waals surface area contributed by atoms with Crippen LogP contribution in [-0.4, -0.2) is 10.8 Å². The SMILES string of the molecule is CSc1c(C#N)c(=O)c2cc(F)c(F)cc2n1C1CC1. The van der Waals surface area contributed by atoms with Gasteiger partial charge in [-0.2, -0.15) is 5.26 Å². The number of rotatable bonds is 2. The Balaban J connectivity index is 2.54. The van der Waals surface area contributed by atoms with Gasteiger partial charge >= 0.3 is 0 Å². The van der Waals surface area contributed by atoms with Crippen molar-refractivity contribution in [1.29, 1.82) is 5.26 Å². The van der Waals surface area contributed by atoms with Crippen LogP contribution in [0.3, 0.4) is 0 Å². The van der Waals surface area contributed by atoms with E-state index in [0.29, 0.717) is 10.5 Å². The Morgan fingerprint density at radius 1 is 1.35 bits per heavy atom. The van der Waals surface area contributed by atoms with E-state index in [1.807, 2.05) is 6.07 Å². The molecule has 1 heterocycles. The molecule has 0 spiro atoms. The molecule has 0 amide bonds. The summed E-state index contributed by atoms with van der Waals surface area (Å²) in [5, 5.41) is 9.78. The van der Waals surface area contributed by atoms with Crippen LogP contribution in [0.15, 0.2) is 22.0 Å². The lowest BCUT2D eigenvalue weighted by atomic mass is 10.1. The third-order valence-corrected chi connectivity index (χ3v) is 4.21. The van der Waals surface area contributed by atoms with E-state index in [0.717, 1.165) is 25.0 Å². The summed E-state index contributed by atoms with van der Waals surface area (Å²) >= 11 is 1.28. The van der Waals surface area contributed by atoms with Crippen LogP contribution in [0.5, 0.6) is 0 Å². The fourth-order valence-electron chi connectivity index (χ4n) is 2.37. The van der Waals surface area contributed by atoms with Crippen LogP contribution in [0.1, 0.15) is 24.4 Å². The van der Waals surface area contributed by atoms with E-state index >= 15 is 0 Å². The highest BCUT2D eigenvalue weighted by atomic mass is 32.2. The first-order chi connectivity index (χ1) is 9.58. The fraction of sp³-hybridized carbons (Fsp3) is 0.286. The van der Waals surface area contributed by atoms with Crippen molar-refractivity contribution < 1.29 is 8.78 Å². The maximum atomic E-state index is 13.5. The van der Waals surface area contributed by atoms with Gasteiger partial charge in [-0.1, -0.05) is 0 Å². The van der Waals surface area contributed by atoms with Crippen molar-refractivity contribution in [3.05, 3.63) is 39.6 Å². The van der Waals surface area contributed by atoms with Crippen LogP contribution in [0.4, 0.5) is 8.78 Å². The van der Waals surface area contributed by atoms with Crippen LogP contribution < -0.4 is 5.43 Å². The summed E-state index contributed by atoms with van der Waals surface area (Å²) in [5.41, 5.74) is -0.176. The number of pyridine rings is 1. The van der Waals surface area contributed by atoms with Gasteiger partial charge in [0.15, 0.2) is 11.6 Å². The molecule has 3 nitrogen and oxygen atoms in total. The lowest BCUT2D eigenvalue weighted by Gasteiger charge is -2.16. The van der Waals surface area contributed by atoms with Crippen LogP contribution in [-0.2, 0) is 0 Å². The molecule has 6 heteroatoms. The summed E-state index contributed by atoms with van der Waals surface area (Å²) in [6, 6.07) is 3.98. The molecule has 3 rings (SSSR count). The van der Waals surface area contributed by atoms with Gasteiger partial charge in [-0.25, -0.2) is 8.78 Å². The number of hydrogen-bond donors (Lipinski definition) is 0. The van der Waals surface area contributed by atoms with Gasteiger partial charge in [-0.3, -0.25) is 4.79 Å². The number of benzene rings is 1. The molecule has 1 aromatic carbocycles. The van der Waals surface area contributed by atoms with Crippen molar-refractivity contribution in [1.82, 2.24) is 4.57 Å². The molecule has 102 valence electrons. The summed E-state index contributed by atoms with van der Waals surface area (Å²) in [7, 11) is 0. The second-order valence-electron chi connectivity index (χ2n) is 4.71. The molecule has 1 fully saturated rings. The Kier molecular flexibility index (Phi) is 3.02. The summed E-state index contributed by atoms with van der Waals surface area (Å²) in [6.07, 6.45) is 3.59. The zero-order valence-electron chi connectivity index (χ0n) is 10.6. The first-order valence-corrected chi connectivity index (χ1v) is 7.32. The van der Waals surface area contributed by atoms with Gasteiger partial charge in [0.25, 0.3) is 0 Å². The summed E-state index contributed by atoms with van der Waals surface area (Å²) in [5.74, 6) is -2.05. The van der Waals surface area contributed by atoms with Gasteiger partial charge in [-0.15, -0.1) is 11.8 Å². The van der Waals surface area contributed by atoms with E-state index in [-0.39, 0.29) is 17.0 Å². The number of thioether (sulfide) groups is 1. The van der Waals surface area contributed by atoms with Gasteiger partial charge in [0.2, 0.25) is 5.43 Å². The average molecular weight is 292 g/mol. The number of halogens is 2. The van der Waals surface area contributed by atoms with Gasteiger partial charge in [0, 0.05) is 12.1 Å². The second-order valence-corrected chi connectivity index (χ2v) is 5.50. The molecule has 0 radical (unpaired) electrons. The molecule has 1 aromatic heterocycles. The quantitative estimate of drug-likeness (QED) is 0.798. The fourth-order valence-corrected chi connectivity index (χ4v) is 3.16. The molecule has 1 aliphatic carbocycles. The Hall–Kier alpha value is -1.87. The van der Waals surface area contributed by atoms with E-state index in [9.17, 15) is 18.8 Å². The zero-order chi connectivity index (χ0) is 14.4. The van der Waals surface area contributed by atoms with Crippen molar-refractivity contribution in [2.75, 3.05) is 6.26 Å². The Morgan fingerprint density at radius 3 is 2.55 bits per heavy atom. The van der Waals surface area contributed by atoms with Crippen molar-refractivity contribution in [2.24, 2.45) is 0 Å². The Morgan fingerprint density at radius 2 is 2.00 bits per heavy atom. The maximum Gasteiger partial charge on any atom is 0.208 e. The number of nitrogens with zero attached hydrogens (tertiary/aromatic N) is 2. The lowest BCUT2D eigenvalue weighted by Crippen LogP contribution is -2.16. The summed E-state index contributed by atoms with van der Waals surface area (Å²) < 4.78 is 28.7. The molecule has 20 heavy (non-hydrogen) atoms. The Labute approximate surface area is 117 Å². The van der Waals surface area contributed by atoms with E-state index in [2.05, 4.69) is 0 Å². The van der Waals surface area contributed by atoms with Crippen LogP contribution in [0.2, 0.25) is 0 Å². The lowest BCUT2D eigenvalue weighted by molar-refractivity contribution is 0.509. The maximum absolute atomic E-state index is 13.5. The van der Waals surface area contributed by atoms with Gasteiger partial charge in [0.05, 0.1) is 15.9 Å². The molecule has 0 bridgehead atoms. The highest BCUT2D eigenvalue weighted by Gasteiger charge is 2.29. The van der Waals surface area contributed by atoms with Crippen LogP contribution in [0.25, 0.3) is 10.9 Å². The smallest absolute Gasteiger partial charge is 0.208 e. The van der Waals surface area contributed by atoms with Crippen LogP contribution >= 0.6 is 11.8 Å². The average Bonchev–Trinajstić information content (AvgIpc) is 3.25. The zero-order valence-corrected chi connectivity index (χ0v) is 11.4. The van der Waals surface area contributed by atoms with Crippen molar-refractivity contribution in [3.63, 3.8) is 0 Å². The molecule has 0 saturated heterocycles. The Bertz CT molecular complexity index is 819. The van der Waals surface area contributed by atoms with E-state index in [1.165, 1.54) is 11.8 Å². The number of aromatic nitrogens is 1. The third-order valence-electron chi connectivity index (χ3n) is 3.42. The van der Waals surface area contributed by atoms with E-state index in [4.69, 9.17) is 0 Å². The molecule has 0 atom stereocenters. The summed E-state index contributed by atoms with van der Waals surface area (Å²) in [6.45, 7) is 0. The minimum Gasteiger partial charge on any atom is -0.331 e. The molecular weight excluding hydrogens is 282 g/mol. The van der Waals surface area contributed by atoms with Gasteiger partial charge in [-0.05, 0) is 25.2 Å². The standard InChI is InChI=1S/C14H10F2N2OS/c1-20-14-9(6-17)13(19)8-4-10(15)11(16)5-12(8)18(14)7-2-3-7/h4-5,7H,2-3H2,1H3. The first-order valence-electron chi connectivity index (χ1n) is 6.09. The predicted octanol–water partition coefficient (Wildman–Crippen LogP) is 3.21. The minimum atomic E-state index is -1.07. The van der Waals surface area contributed by atoms with Gasteiger partial charge < -0.3 is 4.57 Å². The predicted molar refractivity (Wildman–Crippen MR) is 72.9 cm³/mol. The molecule has 1 saturated carbocycles. The van der Waals surface area contributed by atoms with E-state index < -0.39 is 17.1 Å². The largest absolute Gasteiger partial charge is 0.331 e. The van der Waals surface area contributed by atoms with E-state index in [1.54, 1.807) is 10.8 Å². The molecule has 0 N–H and O–H groups in total. The topological polar surface area (TPSA) is 45.8 Å². The van der Waals surface area contributed by atoms with Crippen molar-refractivity contribution in [2.45, 2.75) is 23.9 Å². The van der Waals surface area contributed by atoms with Crippen LogP contribution in [0, 0.1) is 23.0 Å². The highest BCUT2D eigenvalue weighted by molar-refractivity contribution is 7.98. The third kappa shape index (κ3) is 1.81. The molecule has 2 aromatic rings. The number of hydrogen-bond acceptors (Lipinski definition) is 3. The normalized spacial score (nSPS) is 14.5. The molecule has 1 aliphatic rings. The first kappa shape index (κ1) is 13.1. The van der Waals surface area contributed by atoms with Crippen molar-refractivity contribution >= 4 is 22.7 Å². The molecule has 0 aliphatic heterocycles. The molecule has 0 unspecified atom stereocenters. The summed E-state index contributed by atoms with van der Waals surface area (Å²) in [4.78, 5) is 12.3. The minimum absolute atomic E-state index is 0.00269. The second kappa shape index (κ2) is 4.60. The number of nitriles is 1. The van der Waals surface area contributed by atoms with Crippen molar-refractivity contribution in [3.8, 4) is 6.07 Å².